The van der Waals surface area contributed by atoms with Crippen molar-refractivity contribution < 1.29 is 4.74 Å². The maximum atomic E-state index is 6.11. The molecule has 0 amide bonds. The zero-order chi connectivity index (χ0) is 14.7. The van der Waals surface area contributed by atoms with Crippen LogP contribution in [-0.2, 0) is 4.74 Å². The van der Waals surface area contributed by atoms with Crippen LogP contribution in [0.15, 0.2) is 17.3 Å². The topological polar surface area (TPSA) is 49.8 Å². The number of nitrogens with one attached hydrogen (secondary N) is 1. The first-order chi connectivity index (χ1) is 10.2. The summed E-state index contributed by atoms with van der Waals surface area (Å²) in [6, 6.07) is 2.12. The number of hydrogen-bond donors (Lipinski definition) is 1. The van der Waals surface area contributed by atoms with Crippen molar-refractivity contribution in [1.82, 2.24) is 9.88 Å². The van der Waals surface area contributed by atoms with Crippen LogP contribution < -0.4 is 5.32 Å². The highest BCUT2D eigenvalue weighted by Crippen LogP contribution is 2.24. The number of pyridine rings is 1. The van der Waals surface area contributed by atoms with Gasteiger partial charge in [0.1, 0.15) is 6.73 Å². The van der Waals surface area contributed by atoms with Gasteiger partial charge in [-0.2, -0.15) is 0 Å². The van der Waals surface area contributed by atoms with Crippen molar-refractivity contribution in [3.05, 3.63) is 22.3 Å². The quantitative estimate of drug-likeness (QED) is 0.859. The number of aliphatic imine (C=N–C) groups is 1. The number of amidine groups is 1. The van der Waals surface area contributed by atoms with E-state index in [1.54, 1.807) is 12.3 Å². The van der Waals surface area contributed by atoms with Crippen LogP contribution in [0, 0.1) is 5.92 Å². The highest BCUT2D eigenvalue weighted by molar-refractivity contribution is 6.36. The van der Waals surface area contributed by atoms with Gasteiger partial charge in [0, 0.05) is 25.8 Å². The summed E-state index contributed by atoms with van der Waals surface area (Å²) in [5, 5.41) is 4.01. The molecular formula is C14H18Cl2N4O. The summed E-state index contributed by atoms with van der Waals surface area (Å²) in [5.74, 6) is 1.29. The molecular weight excluding hydrogens is 311 g/mol. The molecule has 4 rings (SSSR count). The van der Waals surface area contributed by atoms with Crippen molar-refractivity contribution >= 4 is 35.0 Å². The number of piperidine rings is 1. The van der Waals surface area contributed by atoms with Crippen molar-refractivity contribution in [2.24, 2.45) is 10.9 Å². The number of anilines is 1. The Morgan fingerprint density at radius 2 is 2.05 bits per heavy atom. The monoisotopic (exact) mass is 328 g/mol. The van der Waals surface area contributed by atoms with Crippen LogP contribution in [0.2, 0.25) is 10.0 Å². The first-order valence-electron chi connectivity index (χ1n) is 7.18. The van der Waals surface area contributed by atoms with E-state index in [9.17, 15) is 0 Å². The van der Waals surface area contributed by atoms with Gasteiger partial charge in [0.25, 0.3) is 6.02 Å². The Bertz CT molecular complexity index is 530. The molecule has 1 aromatic heterocycles. The number of nitrogens with zero attached hydrogens (tertiary/aromatic N) is 3. The second-order valence-corrected chi connectivity index (χ2v) is 6.26. The summed E-state index contributed by atoms with van der Waals surface area (Å²) in [4.78, 5) is 11.0. The lowest BCUT2D eigenvalue weighted by atomic mass is 9.94. The molecule has 7 heteroatoms. The van der Waals surface area contributed by atoms with Crippen LogP contribution in [0.1, 0.15) is 19.3 Å². The number of rotatable bonds is 1. The molecule has 0 atom stereocenters. The largest absolute Gasteiger partial charge is 0.449 e. The maximum absolute atomic E-state index is 6.11. The predicted octanol–water partition coefficient (Wildman–Crippen LogP) is 3.25. The lowest BCUT2D eigenvalue weighted by molar-refractivity contribution is 0.0761. The Morgan fingerprint density at radius 3 is 2.81 bits per heavy atom. The summed E-state index contributed by atoms with van der Waals surface area (Å²) < 4.78 is 5.77. The van der Waals surface area contributed by atoms with E-state index in [0.29, 0.717) is 28.6 Å². The molecule has 1 aromatic rings. The van der Waals surface area contributed by atoms with Gasteiger partial charge in [0.05, 0.1) is 10.0 Å². The zero-order valence-electron chi connectivity index (χ0n) is 11.7. The van der Waals surface area contributed by atoms with Gasteiger partial charge in [0.15, 0.2) is 5.82 Å². The molecule has 2 bridgehead atoms. The predicted molar refractivity (Wildman–Crippen MR) is 85.0 cm³/mol. The average Bonchev–Trinajstić information content (AvgIpc) is 2.49. The van der Waals surface area contributed by atoms with Crippen molar-refractivity contribution in [3.8, 4) is 0 Å². The summed E-state index contributed by atoms with van der Waals surface area (Å²) >= 11 is 12.0. The molecule has 1 N–H and O–H groups in total. The van der Waals surface area contributed by atoms with E-state index in [1.807, 2.05) is 0 Å². The molecule has 0 aromatic carbocycles. The fourth-order valence-electron chi connectivity index (χ4n) is 2.63. The molecule has 5 nitrogen and oxygen atoms in total. The Morgan fingerprint density at radius 1 is 1.24 bits per heavy atom. The molecule has 21 heavy (non-hydrogen) atoms. The van der Waals surface area contributed by atoms with Crippen molar-refractivity contribution in [2.45, 2.75) is 19.3 Å². The van der Waals surface area contributed by atoms with E-state index in [0.717, 1.165) is 32.0 Å². The minimum Gasteiger partial charge on any atom is -0.449 e. The number of hydrogen-bond acceptors (Lipinski definition) is 5. The Labute approximate surface area is 134 Å². The van der Waals surface area contributed by atoms with Gasteiger partial charge in [-0.3, -0.25) is 10.2 Å². The average molecular weight is 329 g/mol. The SMILES string of the molecule is Clc1cnc(NC2=NCCC3CCN(CC3)CO2)c(Cl)c1. The third-order valence-corrected chi connectivity index (χ3v) is 4.41. The normalized spacial score (nSPS) is 25.9. The van der Waals surface area contributed by atoms with Crippen molar-refractivity contribution in [1.29, 1.82) is 0 Å². The van der Waals surface area contributed by atoms with Crippen LogP contribution in [0.4, 0.5) is 5.82 Å². The second kappa shape index (κ2) is 6.81. The van der Waals surface area contributed by atoms with E-state index in [4.69, 9.17) is 27.9 Å². The lowest BCUT2D eigenvalue weighted by Gasteiger charge is -2.32. The van der Waals surface area contributed by atoms with Gasteiger partial charge >= 0.3 is 0 Å². The molecule has 0 saturated carbocycles. The van der Waals surface area contributed by atoms with E-state index in [1.165, 1.54) is 12.8 Å². The van der Waals surface area contributed by atoms with E-state index in [-0.39, 0.29) is 0 Å². The molecule has 3 aliphatic heterocycles. The minimum absolute atomic E-state index is 0.452. The molecule has 1 fully saturated rings. The second-order valence-electron chi connectivity index (χ2n) is 5.42. The Balaban J connectivity index is 1.70. The van der Waals surface area contributed by atoms with Gasteiger partial charge in [-0.1, -0.05) is 23.2 Å². The Kier molecular flexibility index (Phi) is 4.83. The number of halogens is 2. The molecule has 1 saturated heterocycles. The summed E-state index contributed by atoms with van der Waals surface area (Å²) in [6.07, 6.45) is 5.13. The summed E-state index contributed by atoms with van der Waals surface area (Å²) in [5.41, 5.74) is 0. The molecule has 114 valence electrons. The lowest BCUT2D eigenvalue weighted by Crippen LogP contribution is -2.38. The molecule has 0 spiro atoms. The third-order valence-electron chi connectivity index (χ3n) is 3.92. The summed E-state index contributed by atoms with van der Waals surface area (Å²) in [6.45, 7) is 3.50. The van der Waals surface area contributed by atoms with Crippen LogP contribution in [0.5, 0.6) is 0 Å². The van der Waals surface area contributed by atoms with Crippen LogP contribution in [0.25, 0.3) is 0 Å². The third kappa shape index (κ3) is 3.99. The molecule has 0 unspecified atom stereocenters. The minimum atomic E-state index is 0.452. The van der Waals surface area contributed by atoms with E-state index in [2.05, 4.69) is 20.2 Å². The number of ether oxygens (including phenoxy) is 1. The fourth-order valence-corrected chi connectivity index (χ4v) is 3.06. The van der Waals surface area contributed by atoms with Crippen LogP contribution in [-0.4, -0.2) is 42.3 Å². The first-order valence-corrected chi connectivity index (χ1v) is 7.94. The maximum Gasteiger partial charge on any atom is 0.291 e. The zero-order valence-corrected chi connectivity index (χ0v) is 13.2. The van der Waals surface area contributed by atoms with Gasteiger partial charge in [0.2, 0.25) is 0 Å². The van der Waals surface area contributed by atoms with E-state index >= 15 is 0 Å². The summed E-state index contributed by atoms with van der Waals surface area (Å²) in [7, 11) is 0. The van der Waals surface area contributed by atoms with Crippen LogP contribution >= 0.6 is 23.2 Å². The molecule has 4 heterocycles. The Hall–Kier alpha value is -1.04. The molecule has 0 radical (unpaired) electrons. The van der Waals surface area contributed by atoms with Crippen molar-refractivity contribution in [3.63, 3.8) is 0 Å². The molecule has 0 aliphatic carbocycles. The van der Waals surface area contributed by atoms with Gasteiger partial charge in [-0.15, -0.1) is 0 Å². The van der Waals surface area contributed by atoms with Gasteiger partial charge in [-0.05, 0) is 31.2 Å². The fraction of sp³-hybridized carbons (Fsp3) is 0.571. The van der Waals surface area contributed by atoms with Crippen molar-refractivity contribution in [2.75, 3.05) is 31.7 Å². The highest BCUT2D eigenvalue weighted by atomic mass is 35.5. The van der Waals surface area contributed by atoms with Crippen LogP contribution in [0.3, 0.4) is 0 Å². The number of aromatic nitrogens is 1. The number of fused-ring (bicyclic) bond motifs is 6. The molecule has 3 aliphatic rings. The standard InChI is InChI=1S/C14H18Cl2N4O/c15-11-7-12(16)13(18-8-11)19-14-17-4-1-10-2-5-20(6-3-10)9-21-14/h7-8,10H,1-6,9H2,(H,17,18,19). The van der Waals surface area contributed by atoms with Gasteiger partial charge < -0.3 is 4.74 Å². The highest BCUT2D eigenvalue weighted by Gasteiger charge is 2.21. The van der Waals surface area contributed by atoms with E-state index < -0.39 is 0 Å². The first kappa shape index (κ1) is 14.9. The van der Waals surface area contributed by atoms with Gasteiger partial charge in [-0.25, -0.2) is 9.98 Å². The smallest absolute Gasteiger partial charge is 0.291 e.